The Hall–Kier alpha value is -2.32. The average molecular weight is 389 g/mol. The molecule has 152 valence electrons. The second-order valence-electron chi connectivity index (χ2n) is 7.34. The number of piperazine rings is 1. The van der Waals surface area contributed by atoms with Gasteiger partial charge in [0.05, 0.1) is 13.2 Å². The maximum atomic E-state index is 12.5. The lowest BCUT2D eigenvalue weighted by Crippen LogP contribution is -2.48. The minimum absolute atomic E-state index is 0.0538. The summed E-state index contributed by atoms with van der Waals surface area (Å²) in [4.78, 5) is 30.7. The Morgan fingerprint density at radius 3 is 2.18 bits per heavy atom. The van der Waals surface area contributed by atoms with Gasteiger partial charge in [-0.1, -0.05) is 6.07 Å². The van der Waals surface area contributed by atoms with Gasteiger partial charge in [0, 0.05) is 58.7 Å². The molecule has 0 saturated carbocycles. The Bertz CT molecular complexity index is 712. The van der Waals surface area contributed by atoms with E-state index in [9.17, 15) is 9.59 Å². The molecule has 8 nitrogen and oxygen atoms in total. The SMILES string of the molecule is O=C(CCC(=O)N1CCN(Cc2ccc3c(c2)OCO3)CC1)N1CCOCC1. The van der Waals surface area contributed by atoms with Gasteiger partial charge in [0.2, 0.25) is 18.6 Å². The molecule has 28 heavy (non-hydrogen) atoms. The van der Waals surface area contributed by atoms with E-state index in [-0.39, 0.29) is 25.0 Å². The van der Waals surface area contributed by atoms with Crippen LogP contribution in [0.3, 0.4) is 0 Å². The zero-order valence-electron chi connectivity index (χ0n) is 16.1. The standard InChI is InChI=1S/C20H27N3O5/c24-19(3-4-20(25)23-9-11-26-12-10-23)22-7-5-21(6-8-22)14-16-1-2-17-18(13-16)28-15-27-17/h1-2,13H,3-12,14-15H2. The highest BCUT2D eigenvalue weighted by Crippen LogP contribution is 2.32. The van der Waals surface area contributed by atoms with Crippen LogP contribution in [0.2, 0.25) is 0 Å². The molecule has 2 saturated heterocycles. The highest BCUT2D eigenvalue weighted by Gasteiger charge is 2.24. The lowest BCUT2D eigenvalue weighted by Gasteiger charge is -2.35. The number of carbonyl (C=O) groups excluding carboxylic acids is 2. The van der Waals surface area contributed by atoms with E-state index in [2.05, 4.69) is 11.0 Å². The number of hydrogen-bond acceptors (Lipinski definition) is 6. The van der Waals surface area contributed by atoms with Gasteiger partial charge in [-0.2, -0.15) is 0 Å². The van der Waals surface area contributed by atoms with Crippen molar-refractivity contribution in [1.82, 2.24) is 14.7 Å². The van der Waals surface area contributed by atoms with E-state index in [4.69, 9.17) is 14.2 Å². The van der Waals surface area contributed by atoms with Gasteiger partial charge in [0.15, 0.2) is 11.5 Å². The number of hydrogen-bond donors (Lipinski definition) is 0. The quantitative estimate of drug-likeness (QED) is 0.738. The first-order valence-corrected chi connectivity index (χ1v) is 9.93. The van der Waals surface area contributed by atoms with Gasteiger partial charge in [-0.15, -0.1) is 0 Å². The van der Waals surface area contributed by atoms with Crippen molar-refractivity contribution in [2.24, 2.45) is 0 Å². The number of benzene rings is 1. The van der Waals surface area contributed by atoms with E-state index in [1.807, 2.05) is 17.0 Å². The van der Waals surface area contributed by atoms with Gasteiger partial charge in [-0.05, 0) is 17.7 Å². The topological polar surface area (TPSA) is 71.6 Å². The number of nitrogens with zero attached hydrogens (tertiary/aromatic N) is 3. The molecular weight excluding hydrogens is 362 g/mol. The third kappa shape index (κ3) is 4.56. The van der Waals surface area contributed by atoms with Gasteiger partial charge in [-0.25, -0.2) is 0 Å². The largest absolute Gasteiger partial charge is 0.454 e. The molecule has 0 aromatic heterocycles. The molecule has 3 aliphatic heterocycles. The smallest absolute Gasteiger partial charge is 0.231 e. The molecule has 0 bridgehead atoms. The summed E-state index contributed by atoms with van der Waals surface area (Å²) < 4.78 is 16.0. The molecule has 0 spiro atoms. The van der Waals surface area contributed by atoms with Crippen LogP contribution in [-0.4, -0.2) is 85.8 Å². The van der Waals surface area contributed by atoms with E-state index in [1.54, 1.807) is 4.90 Å². The summed E-state index contributed by atoms with van der Waals surface area (Å²) in [5.74, 6) is 1.73. The van der Waals surface area contributed by atoms with Crippen molar-refractivity contribution < 1.29 is 23.8 Å². The van der Waals surface area contributed by atoms with Crippen molar-refractivity contribution in [3.05, 3.63) is 23.8 Å². The fourth-order valence-corrected chi connectivity index (χ4v) is 3.80. The van der Waals surface area contributed by atoms with Crippen molar-refractivity contribution in [3.8, 4) is 11.5 Å². The monoisotopic (exact) mass is 389 g/mol. The van der Waals surface area contributed by atoms with Crippen LogP contribution in [0.15, 0.2) is 18.2 Å². The predicted molar refractivity (Wildman–Crippen MR) is 101 cm³/mol. The molecule has 2 amide bonds. The van der Waals surface area contributed by atoms with Crippen LogP contribution < -0.4 is 9.47 Å². The van der Waals surface area contributed by atoms with Crippen LogP contribution in [0.5, 0.6) is 11.5 Å². The second-order valence-corrected chi connectivity index (χ2v) is 7.34. The Kier molecular flexibility index (Phi) is 5.97. The van der Waals surface area contributed by atoms with Crippen molar-refractivity contribution in [1.29, 1.82) is 0 Å². The van der Waals surface area contributed by atoms with Crippen molar-refractivity contribution in [2.75, 3.05) is 59.3 Å². The molecule has 3 aliphatic rings. The second kappa shape index (κ2) is 8.79. The number of fused-ring (bicyclic) bond motifs is 1. The number of amides is 2. The van der Waals surface area contributed by atoms with E-state index < -0.39 is 0 Å². The molecule has 3 heterocycles. The van der Waals surface area contributed by atoms with Gasteiger partial charge in [0.1, 0.15) is 0 Å². The molecule has 2 fully saturated rings. The first-order valence-electron chi connectivity index (χ1n) is 9.93. The normalized spacial score (nSPS) is 19.7. The number of carbonyl (C=O) groups is 2. The van der Waals surface area contributed by atoms with Gasteiger partial charge in [0.25, 0.3) is 0 Å². The highest BCUT2D eigenvalue weighted by atomic mass is 16.7. The van der Waals surface area contributed by atoms with E-state index in [1.165, 1.54) is 5.56 Å². The van der Waals surface area contributed by atoms with Crippen LogP contribution in [0, 0.1) is 0 Å². The van der Waals surface area contributed by atoms with Crippen LogP contribution in [-0.2, 0) is 20.9 Å². The van der Waals surface area contributed by atoms with Crippen LogP contribution in [0.4, 0.5) is 0 Å². The zero-order chi connectivity index (χ0) is 19.3. The number of morpholine rings is 1. The maximum absolute atomic E-state index is 12.5. The minimum atomic E-state index is 0.0538. The Labute approximate surface area is 164 Å². The minimum Gasteiger partial charge on any atom is -0.454 e. The summed E-state index contributed by atoms with van der Waals surface area (Å²) in [7, 11) is 0. The van der Waals surface area contributed by atoms with Crippen molar-refractivity contribution in [2.45, 2.75) is 19.4 Å². The van der Waals surface area contributed by atoms with E-state index >= 15 is 0 Å². The highest BCUT2D eigenvalue weighted by molar-refractivity contribution is 5.84. The summed E-state index contributed by atoms with van der Waals surface area (Å²) in [5.41, 5.74) is 1.18. The molecule has 1 aromatic rings. The Balaban J connectivity index is 1.19. The lowest BCUT2D eigenvalue weighted by molar-refractivity contribution is -0.140. The number of rotatable bonds is 5. The predicted octanol–water partition coefficient (Wildman–Crippen LogP) is 0.699. The van der Waals surface area contributed by atoms with Crippen LogP contribution in [0.1, 0.15) is 18.4 Å². The van der Waals surface area contributed by atoms with E-state index in [0.29, 0.717) is 45.8 Å². The number of ether oxygens (including phenoxy) is 3. The Morgan fingerprint density at radius 1 is 0.821 bits per heavy atom. The zero-order valence-corrected chi connectivity index (χ0v) is 16.1. The van der Waals surface area contributed by atoms with Gasteiger partial charge in [-0.3, -0.25) is 14.5 Å². The van der Waals surface area contributed by atoms with Crippen molar-refractivity contribution in [3.63, 3.8) is 0 Å². The molecule has 0 unspecified atom stereocenters. The lowest BCUT2D eigenvalue weighted by atomic mass is 10.1. The molecule has 0 radical (unpaired) electrons. The third-order valence-corrected chi connectivity index (χ3v) is 5.48. The molecular formula is C20H27N3O5. The van der Waals surface area contributed by atoms with E-state index in [0.717, 1.165) is 31.1 Å². The maximum Gasteiger partial charge on any atom is 0.231 e. The summed E-state index contributed by atoms with van der Waals surface area (Å²) in [5, 5.41) is 0. The first-order chi connectivity index (χ1) is 13.7. The molecule has 0 atom stereocenters. The third-order valence-electron chi connectivity index (χ3n) is 5.48. The fourth-order valence-electron chi connectivity index (χ4n) is 3.80. The summed E-state index contributed by atoms with van der Waals surface area (Å²) in [6.45, 7) is 6.62. The van der Waals surface area contributed by atoms with Crippen LogP contribution in [0.25, 0.3) is 0 Å². The average Bonchev–Trinajstić information content (AvgIpc) is 3.21. The van der Waals surface area contributed by atoms with Gasteiger partial charge < -0.3 is 24.0 Å². The van der Waals surface area contributed by atoms with Crippen molar-refractivity contribution >= 4 is 11.8 Å². The van der Waals surface area contributed by atoms with Crippen LogP contribution >= 0.6 is 0 Å². The fraction of sp³-hybridized carbons (Fsp3) is 0.600. The molecule has 4 rings (SSSR count). The Morgan fingerprint density at radius 2 is 1.46 bits per heavy atom. The summed E-state index contributed by atoms with van der Waals surface area (Å²) in [6, 6.07) is 6.03. The summed E-state index contributed by atoms with van der Waals surface area (Å²) >= 11 is 0. The molecule has 0 N–H and O–H groups in total. The summed E-state index contributed by atoms with van der Waals surface area (Å²) in [6.07, 6.45) is 0.578. The molecule has 0 aliphatic carbocycles. The molecule has 8 heteroatoms. The first kappa shape index (κ1) is 19.0. The van der Waals surface area contributed by atoms with Gasteiger partial charge >= 0.3 is 0 Å². The molecule has 1 aromatic carbocycles.